The van der Waals surface area contributed by atoms with Crippen molar-refractivity contribution in [2.75, 3.05) is 0 Å². The second-order valence-corrected chi connectivity index (χ2v) is 4.84. The summed E-state index contributed by atoms with van der Waals surface area (Å²) in [6.45, 7) is 0. The Kier molecular flexibility index (Phi) is 6.22. The first-order chi connectivity index (χ1) is 5.07. The Bertz CT molecular complexity index is 304. The molecule has 0 bridgehead atoms. The molecule has 0 heterocycles. The van der Waals surface area contributed by atoms with E-state index in [-0.39, 0.29) is 29.6 Å². The number of hydrogen-bond acceptors (Lipinski definition) is 6. The van der Waals surface area contributed by atoms with Gasteiger partial charge in [-0.3, -0.25) is 9.11 Å². The van der Waals surface area contributed by atoms with Crippen LogP contribution in [0, 0.1) is 0 Å². The monoisotopic (exact) mass is 245 g/mol. The zero-order valence-electron chi connectivity index (χ0n) is 6.39. The molecule has 1 radical (unpaired) electrons. The summed E-state index contributed by atoms with van der Waals surface area (Å²) >= 11 is 0. The number of hydrogen-bond donors (Lipinski definition) is 4. The molecule has 4 N–H and O–H groups in total. The number of aliphatic hydroxyl groups is 2. The van der Waals surface area contributed by atoms with Gasteiger partial charge in [0.05, 0.1) is 0 Å². The normalized spacial score (nSPS) is 17.2. The Labute approximate surface area is 96.4 Å². The molecular formula is C2H6NaO8S2. The van der Waals surface area contributed by atoms with Gasteiger partial charge in [0.25, 0.3) is 20.2 Å². The topological polar surface area (TPSA) is 149 Å². The molecule has 0 aliphatic rings. The van der Waals surface area contributed by atoms with Gasteiger partial charge in [-0.2, -0.15) is 16.8 Å². The van der Waals surface area contributed by atoms with Crippen molar-refractivity contribution in [2.45, 2.75) is 10.9 Å². The summed E-state index contributed by atoms with van der Waals surface area (Å²) in [4.78, 5) is 0. The van der Waals surface area contributed by atoms with Gasteiger partial charge >= 0.3 is 0 Å². The predicted octanol–water partition coefficient (Wildman–Crippen LogP) is -2.98. The zero-order chi connectivity index (χ0) is 10.2. The molecule has 8 nitrogen and oxygen atoms in total. The Hall–Kier alpha value is 0.740. The molecule has 0 saturated heterocycles. The molecule has 2 unspecified atom stereocenters. The van der Waals surface area contributed by atoms with Crippen LogP contribution in [0.15, 0.2) is 0 Å². The van der Waals surface area contributed by atoms with Crippen LogP contribution in [0.2, 0.25) is 0 Å². The molecule has 0 aromatic rings. The number of aliphatic hydroxyl groups excluding tert-OH is 2. The summed E-state index contributed by atoms with van der Waals surface area (Å²) in [7, 11) is -10.2. The van der Waals surface area contributed by atoms with E-state index in [9.17, 15) is 16.8 Å². The zero-order valence-corrected chi connectivity index (χ0v) is 10.0. The molecule has 0 spiro atoms. The summed E-state index contributed by atoms with van der Waals surface area (Å²) in [6, 6.07) is 0. The van der Waals surface area contributed by atoms with Crippen LogP contribution in [0.25, 0.3) is 0 Å². The average Bonchev–Trinajstić information content (AvgIpc) is 1.80. The Morgan fingerprint density at radius 1 is 0.769 bits per heavy atom. The third-order valence-electron chi connectivity index (χ3n) is 0.854. The van der Waals surface area contributed by atoms with Crippen LogP contribution in [0.3, 0.4) is 0 Å². The average molecular weight is 245 g/mol. The minimum Gasteiger partial charge on any atom is -0.372 e. The Morgan fingerprint density at radius 2 is 0.923 bits per heavy atom. The number of rotatable bonds is 3. The van der Waals surface area contributed by atoms with E-state index in [0.717, 1.165) is 0 Å². The summed E-state index contributed by atoms with van der Waals surface area (Å²) in [5.74, 6) is 0. The van der Waals surface area contributed by atoms with Gasteiger partial charge in [0.1, 0.15) is 0 Å². The van der Waals surface area contributed by atoms with E-state index >= 15 is 0 Å². The van der Waals surface area contributed by atoms with Crippen molar-refractivity contribution in [2.24, 2.45) is 0 Å². The van der Waals surface area contributed by atoms with Crippen molar-refractivity contribution in [3.8, 4) is 0 Å². The molecule has 75 valence electrons. The van der Waals surface area contributed by atoms with E-state index in [1.807, 2.05) is 0 Å². The maximum atomic E-state index is 9.99. The maximum absolute atomic E-state index is 9.99. The standard InChI is InChI=1S/C2H6O8S2.Na/c3-1(11(5,6)7)2(4)12(8,9)10;/h1-4H,(H,5,6,7)(H,8,9,10);. The van der Waals surface area contributed by atoms with Crippen molar-refractivity contribution >= 4 is 49.8 Å². The molecule has 0 rings (SSSR count). The first kappa shape index (κ1) is 16.2. The van der Waals surface area contributed by atoms with Crippen LogP contribution >= 0.6 is 0 Å². The molecule has 0 aromatic heterocycles. The van der Waals surface area contributed by atoms with Crippen molar-refractivity contribution in [3.63, 3.8) is 0 Å². The smallest absolute Gasteiger partial charge is 0.295 e. The van der Waals surface area contributed by atoms with Crippen LogP contribution in [-0.2, 0) is 20.2 Å². The second kappa shape index (κ2) is 5.00. The van der Waals surface area contributed by atoms with Gasteiger partial charge in [0.15, 0.2) is 0 Å². The molecule has 0 saturated carbocycles. The van der Waals surface area contributed by atoms with Gasteiger partial charge < -0.3 is 10.2 Å². The quantitative estimate of drug-likeness (QED) is 0.304. The van der Waals surface area contributed by atoms with E-state index in [4.69, 9.17) is 19.3 Å². The SMILES string of the molecule is O=S(=O)(O)C(O)C(O)S(=O)(=O)O.[Na]. The van der Waals surface area contributed by atoms with E-state index in [1.54, 1.807) is 0 Å². The first-order valence-electron chi connectivity index (χ1n) is 2.35. The molecule has 0 aromatic carbocycles. The van der Waals surface area contributed by atoms with E-state index in [1.165, 1.54) is 0 Å². The van der Waals surface area contributed by atoms with Crippen molar-refractivity contribution in [1.29, 1.82) is 0 Å². The van der Waals surface area contributed by atoms with Crippen molar-refractivity contribution < 1.29 is 36.2 Å². The van der Waals surface area contributed by atoms with Crippen LogP contribution in [-0.4, -0.2) is 76.6 Å². The Morgan fingerprint density at radius 3 is 1.00 bits per heavy atom. The van der Waals surface area contributed by atoms with Gasteiger partial charge in [0.2, 0.25) is 10.9 Å². The van der Waals surface area contributed by atoms with Crippen molar-refractivity contribution in [3.05, 3.63) is 0 Å². The minimum atomic E-state index is -5.12. The summed E-state index contributed by atoms with van der Waals surface area (Å²) in [5, 5.41) is 16.7. The van der Waals surface area contributed by atoms with Gasteiger partial charge in [-0.1, -0.05) is 0 Å². The van der Waals surface area contributed by atoms with Gasteiger partial charge in [-0.25, -0.2) is 0 Å². The van der Waals surface area contributed by atoms with E-state index < -0.39 is 31.1 Å². The molecule has 2 atom stereocenters. The molecule has 0 aliphatic heterocycles. The molecule has 0 amide bonds. The molecular weight excluding hydrogens is 239 g/mol. The van der Waals surface area contributed by atoms with Crippen LogP contribution in [0.5, 0.6) is 0 Å². The molecule has 0 fully saturated rings. The fraction of sp³-hybridized carbons (Fsp3) is 1.00. The van der Waals surface area contributed by atoms with Gasteiger partial charge in [-0.05, 0) is 0 Å². The second-order valence-electron chi connectivity index (χ2n) is 1.81. The summed E-state index contributed by atoms with van der Waals surface area (Å²) in [5.41, 5.74) is -5.96. The molecule has 11 heteroatoms. The summed E-state index contributed by atoms with van der Waals surface area (Å²) < 4.78 is 56.0. The fourth-order valence-corrected chi connectivity index (χ4v) is 1.73. The Balaban J connectivity index is 0. The third kappa shape index (κ3) is 5.24. The van der Waals surface area contributed by atoms with Crippen LogP contribution in [0.1, 0.15) is 0 Å². The fourth-order valence-electron chi connectivity index (χ4n) is 0.294. The minimum absolute atomic E-state index is 0. The van der Waals surface area contributed by atoms with Crippen molar-refractivity contribution in [1.82, 2.24) is 0 Å². The van der Waals surface area contributed by atoms with E-state index in [0.29, 0.717) is 0 Å². The predicted molar refractivity (Wildman–Crippen MR) is 40.9 cm³/mol. The van der Waals surface area contributed by atoms with Gasteiger partial charge in [0, 0.05) is 29.6 Å². The third-order valence-corrected chi connectivity index (χ3v) is 2.76. The van der Waals surface area contributed by atoms with E-state index in [2.05, 4.69) is 0 Å². The first-order valence-corrected chi connectivity index (χ1v) is 5.36. The molecule has 13 heavy (non-hydrogen) atoms. The largest absolute Gasteiger partial charge is 0.372 e. The van der Waals surface area contributed by atoms with Crippen LogP contribution in [0.4, 0.5) is 0 Å². The van der Waals surface area contributed by atoms with Gasteiger partial charge in [-0.15, -0.1) is 0 Å². The maximum Gasteiger partial charge on any atom is 0.295 e. The molecule has 0 aliphatic carbocycles. The summed E-state index contributed by atoms with van der Waals surface area (Å²) in [6.07, 6.45) is 0. The van der Waals surface area contributed by atoms with Crippen LogP contribution < -0.4 is 0 Å².